The average molecular weight is 420 g/mol. The van der Waals surface area contributed by atoms with Gasteiger partial charge in [-0.05, 0) is 61.9 Å². The molecule has 0 saturated carbocycles. The van der Waals surface area contributed by atoms with Gasteiger partial charge in [0.1, 0.15) is 5.60 Å². The summed E-state index contributed by atoms with van der Waals surface area (Å²) in [6, 6.07) is 15.5. The number of pyridine rings is 1. The van der Waals surface area contributed by atoms with Crippen LogP contribution < -0.4 is 10.6 Å². The maximum atomic E-state index is 13.2. The lowest BCUT2D eigenvalue weighted by molar-refractivity contribution is -0.117. The zero-order chi connectivity index (χ0) is 22.4. The quantitative estimate of drug-likeness (QED) is 0.586. The third-order valence-corrected chi connectivity index (χ3v) is 4.86. The number of hydrogen-bond acceptors (Lipinski definition) is 4. The van der Waals surface area contributed by atoms with E-state index < -0.39 is 17.6 Å². The van der Waals surface area contributed by atoms with E-state index in [0.29, 0.717) is 5.69 Å². The average Bonchev–Trinajstić information content (AvgIpc) is 2.73. The van der Waals surface area contributed by atoms with Crippen molar-refractivity contribution in [2.45, 2.75) is 45.6 Å². The largest absolute Gasteiger partial charge is 0.444 e. The van der Waals surface area contributed by atoms with Crippen LogP contribution in [0.4, 0.5) is 10.5 Å². The second-order valence-corrected chi connectivity index (χ2v) is 8.46. The molecule has 0 spiro atoms. The molecule has 3 rings (SSSR count). The zero-order valence-electron chi connectivity index (χ0n) is 18.4. The molecule has 2 amide bonds. The van der Waals surface area contributed by atoms with Gasteiger partial charge in [-0.15, -0.1) is 0 Å². The Kier molecular flexibility index (Phi) is 6.90. The number of nitrogens with one attached hydrogen (secondary N) is 2. The van der Waals surface area contributed by atoms with Crippen LogP contribution >= 0.6 is 0 Å². The maximum Gasteiger partial charge on any atom is 0.407 e. The summed E-state index contributed by atoms with van der Waals surface area (Å²) in [5.41, 5.74) is 2.10. The molecular weight excluding hydrogens is 390 g/mol. The number of amides is 2. The van der Waals surface area contributed by atoms with Crippen LogP contribution in [0.3, 0.4) is 0 Å². The Morgan fingerprint density at radius 1 is 1.03 bits per heavy atom. The van der Waals surface area contributed by atoms with Crippen LogP contribution in [-0.4, -0.2) is 29.1 Å². The molecule has 0 aliphatic carbocycles. The number of aromatic nitrogens is 1. The molecule has 0 aliphatic rings. The summed E-state index contributed by atoms with van der Waals surface area (Å²) in [5, 5.41) is 7.70. The monoisotopic (exact) mass is 419 g/mol. The van der Waals surface area contributed by atoms with E-state index in [0.717, 1.165) is 22.8 Å². The lowest BCUT2D eigenvalue weighted by Crippen LogP contribution is -2.37. The minimum Gasteiger partial charge on any atom is -0.444 e. The van der Waals surface area contributed by atoms with Crippen LogP contribution in [0.1, 0.15) is 44.7 Å². The molecule has 162 valence electrons. The third kappa shape index (κ3) is 6.28. The van der Waals surface area contributed by atoms with Crippen LogP contribution in [-0.2, 0) is 16.0 Å². The topological polar surface area (TPSA) is 80.3 Å². The van der Waals surface area contributed by atoms with Crippen molar-refractivity contribution in [1.29, 1.82) is 0 Å². The fraction of sp³-hybridized carbons (Fsp3) is 0.320. The number of aryl methyl sites for hydroxylation is 1. The molecule has 0 saturated heterocycles. The number of anilines is 1. The Labute approximate surface area is 183 Å². The fourth-order valence-electron chi connectivity index (χ4n) is 3.24. The van der Waals surface area contributed by atoms with Gasteiger partial charge in [0.15, 0.2) is 0 Å². The van der Waals surface area contributed by atoms with Crippen molar-refractivity contribution in [3.05, 3.63) is 72.1 Å². The second kappa shape index (κ2) is 9.60. The van der Waals surface area contributed by atoms with Crippen molar-refractivity contribution in [1.82, 2.24) is 10.3 Å². The zero-order valence-corrected chi connectivity index (χ0v) is 18.4. The van der Waals surface area contributed by atoms with Gasteiger partial charge in [0.2, 0.25) is 5.91 Å². The van der Waals surface area contributed by atoms with E-state index in [-0.39, 0.29) is 12.5 Å². The highest BCUT2D eigenvalue weighted by molar-refractivity contribution is 5.98. The minimum atomic E-state index is -0.607. The van der Waals surface area contributed by atoms with Gasteiger partial charge in [-0.3, -0.25) is 9.78 Å². The number of carbonyl (C=O) groups excluding carboxylic acids is 2. The van der Waals surface area contributed by atoms with Crippen molar-refractivity contribution < 1.29 is 14.3 Å². The van der Waals surface area contributed by atoms with Crippen molar-refractivity contribution in [2.24, 2.45) is 0 Å². The number of alkyl carbamates (subject to hydrolysis) is 1. The summed E-state index contributed by atoms with van der Waals surface area (Å²) in [6.45, 7) is 7.61. The molecule has 31 heavy (non-hydrogen) atoms. The normalized spacial score (nSPS) is 12.3. The number of fused-ring (bicyclic) bond motifs is 1. The fourth-order valence-corrected chi connectivity index (χ4v) is 3.24. The first-order valence-corrected chi connectivity index (χ1v) is 10.5. The smallest absolute Gasteiger partial charge is 0.407 e. The van der Waals surface area contributed by atoms with Crippen molar-refractivity contribution in [3.63, 3.8) is 0 Å². The van der Waals surface area contributed by atoms with Crippen molar-refractivity contribution >= 4 is 28.5 Å². The van der Waals surface area contributed by atoms with Crippen molar-refractivity contribution in [2.75, 3.05) is 11.9 Å². The van der Waals surface area contributed by atoms with E-state index in [1.807, 2.05) is 48.5 Å². The number of hydrogen-bond donors (Lipinski definition) is 2. The standard InChI is InChI=1S/C25H29N3O3/c1-5-17-6-8-18(9-7-17)22(16-27-24(30)31-25(2,3)4)23(29)28-21-11-10-20-15-26-13-12-19(20)14-21/h6-15,22H,5,16H2,1-4H3,(H,27,30)(H,28,29). The minimum absolute atomic E-state index is 0.129. The second-order valence-electron chi connectivity index (χ2n) is 8.46. The van der Waals surface area contributed by atoms with E-state index >= 15 is 0 Å². The Morgan fingerprint density at radius 3 is 2.45 bits per heavy atom. The van der Waals surface area contributed by atoms with Gasteiger partial charge in [-0.1, -0.05) is 37.3 Å². The molecule has 3 aromatic rings. The highest BCUT2D eigenvalue weighted by Gasteiger charge is 2.23. The Hall–Kier alpha value is -3.41. The predicted molar refractivity (Wildman–Crippen MR) is 123 cm³/mol. The summed E-state index contributed by atoms with van der Waals surface area (Å²) in [7, 11) is 0. The molecule has 6 nitrogen and oxygen atoms in total. The molecular formula is C25H29N3O3. The summed E-state index contributed by atoms with van der Waals surface area (Å²) >= 11 is 0. The van der Waals surface area contributed by atoms with Crippen LogP contribution in [0.5, 0.6) is 0 Å². The van der Waals surface area contributed by atoms with Crippen molar-refractivity contribution in [3.8, 4) is 0 Å². The SMILES string of the molecule is CCc1ccc(C(CNC(=O)OC(C)(C)C)C(=O)Nc2ccc3cnccc3c2)cc1. The van der Waals surface area contributed by atoms with E-state index in [4.69, 9.17) is 4.74 Å². The summed E-state index contributed by atoms with van der Waals surface area (Å²) in [4.78, 5) is 29.4. The first kappa shape index (κ1) is 22.3. The van der Waals surface area contributed by atoms with Crippen LogP contribution in [0.2, 0.25) is 0 Å². The molecule has 1 heterocycles. The van der Waals surface area contributed by atoms with Crippen LogP contribution in [0.15, 0.2) is 60.9 Å². The van der Waals surface area contributed by atoms with E-state index in [9.17, 15) is 9.59 Å². The summed E-state index contributed by atoms with van der Waals surface area (Å²) < 4.78 is 5.32. The van der Waals surface area contributed by atoms with Gasteiger partial charge in [-0.2, -0.15) is 0 Å². The van der Waals surface area contributed by atoms with E-state index in [1.54, 1.807) is 33.2 Å². The van der Waals surface area contributed by atoms with Gasteiger partial charge in [-0.25, -0.2) is 4.79 Å². The number of benzene rings is 2. The van der Waals surface area contributed by atoms with E-state index in [2.05, 4.69) is 22.5 Å². The van der Waals surface area contributed by atoms with Gasteiger partial charge in [0, 0.05) is 30.0 Å². The molecule has 1 unspecified atom stereocenters. The molecule has 6 heteroatoms. The summed E-state index contributed by atoms with van der Waals surface area (Å²) in [6.07, 6.45) is 3.87. The summed E-state index contributed by atoms with van der Waals surface area (Å²) in [5.74, 6) is -0.764. The van der Waals surface area contributed by atoms with E-state index in [1.165, 1.54) is 5.56 Å². The number of nitrogens with zero attached hydrogens (tertiary/aromatic N) is 1. The van der Waals surface area contributed by atoms with Gasteiger partial charge in [0.25, 0.3) is 0 Å². The van der Waals surface area contributed by atoms with Crippen LogP contribution in [0, 0.1) is 0 Å². The maximum absolute atomic E-state index is 13.2. The highest BCUT2D eigenvalue weighted by atomic mass is 16.6. The van der Waals surface area contributed by atoms with Gasteiger partial charge < -0.3 is 15.4 Å². The van der Waals surface area contributed by atoms with Gasteiger partial charge >= 0.3 is 6.09 Å². The lowest BCUT2D eigenvalue weighted by Gasteiger charge is -2.22. The molecule has 0 radical (unpaired) electrons. The molecule has 2 N–H and O–H groups in total. The number of ether oxygens (including phenoxy) is 1. The number of carbonyl (C=O) groups is 2. The molecule has 1 atom stereocenters. The molecule has 1 aromatic heterocycles. The van der Waals surface area contributed by atoms with Gasteiger partial charge in [0.05, 0.1) is 5.92 Å². The predicted octanol–water partition coefficient (Wildman–Crippen LogP) is 5.04. The molecule has 0 bridgehead atoms. The third-order valence-electron chi connectivity index (χ3n) is 4.86. The number of rotatable bonds is 6. The van der Waals surface area contributed by atoms with Crippen LogP contribution in [0.25, 0.3) is 10.8 Å². The Bertz CT molecular complexity index is 1060. The Balaban J connectivity index is 1.79. The molecule has 0 fully saturated rings. The molecule has 2 aromatic carbocycles. The highest BCUT2D eigenvalue weighted by Crippen LogP contribution is 2.22. The first-order chi connectivity index (χ1) is 14.7. The Morgan fingerprint density at radius 2 is 1.77 bits per heavy atom. The lowest BCUT2D eigenvalue weighted by atomic mass is 9.96. The molecule has 0 aliphatic heterocycles. The first-order valence-electron chi connectivity index (χ1n) is 10.5.